The topological polar surface area (TPSA) is 71.2 Å². The van der Waals surface area contributed by atoms with Crippen molar-refractivity contribution in [3.63, 3.8) is 0 Å². The maximum Gasteiger partial charge on any atom is 0.257 e. The van der Waals surface area contributed by atoms with Crippen molar-refractivity contribution in [2.24, 2.45) is 5.84 Å². The first kappa shape index (κ1) is 15.4. The highest BCUT2D eigenvalue weighted by Gasteiger charge is 2.18. The molecule has 0 bridgehead atoms. The number of anilines is 1. The van der Waals surface area contributed by atoms with E-state index in [1.165, 1.54) is 0 Å². The zero-order valence-corrected chi connectivity index (χ0v) is 11.9. The molecule has 1 aromatic heterocycles. The second-order valence-electron chi connectivity index (χ2n) is 4.54. The van der Waals surface area contributed by atoms with Crippen LogP contribution in [0.15, 0.2) is 18.3 Å². The van der Waals surface area contributed by atoms with E-state index in [0.29, 0.717) is 11.4 Å². The predicted molar refractivity (Wildman–Crippen MR) is 77.8 cm³/mol. The fourth-order valence-corrected chi connectivity index (χ4v) is 1.88. The fraction of sp³-hybridized carbons (Fsp3) is 0.571. The summed E-state index contributed by atoms with van der Waals surface area (Å²) in [4.78, 5) is 18.5. The van der Waals surface area contributed by atoms with E-state index in [4.69, 9.17) is 5.84 Å². The van der Waals surface area contributed by atoms with Crippen molar-refractivity contribution in [2.45, 2.75) is 39.5 Å². The molecule has 19 heavy (non-hydrogen) atoms. The summed E-state index contributed by atoms with van der Waals surface area (Å²) in [5.74, 6) is 5.84. The number of unbranched alkanes of at least 4 members (excludes halogenated alkanes) is 2. The number of nitrogens with one attached hydrogen (secondary N) is 1. The van der Waals surface area contributed by atoms with Gasteiger partial charge in [-0.15, -0.1) is 0 Å². The van der Waals surface area contributed by atoms with E-state index in [-0.39, 0.29) is 5.91 Å². The van der Waals surface area contributed by atoms with Gasteiger partial charge in [0.2, 0.25) is 0 Å². The number of hydrazine groups is 1. The molecule has 3 N–H and O–H groups in total. The highest BCUT2D eigenvalue weighted by molar-refractivity contribution is 5.98. The number of nitrogens with zero attached hydrogens (tertiary/aromatic N) is 2. The van der Waals surface area contributed by atoms with Crippen LogP contribution in [0.5, 0.6) is 0 Å². The average molecular weight is 264 g/mol. The molecule has 0 aromatic carbocycles. The highest BCUT2D eigenvalue weighted by Crippen LogP contribution is 2.14. The number of pyridine rings is 1. The Labute approximate surface area is 115 Å². The lowest BCUT2D eigenvalue weighted by Gasteiger charge is -2.23. The summed E-state index contributed by atoms with van der Waals surface area (Å²) < 4.78 is 0. The van der Waals surface area contributed by atoms with Gasteiger partial charge in [-0.25, -0.2) is 10.8 Å². The second-order valence-corrected chi connectivity index (χ2v) is 4.54. The minimum Gasteiger partial charge on any atom is -0.339 e. The first-order valence-electron chi connectivity index (χ1n) is 6.95. The van der Waals surface area contributed by atoms with Crippen molar-refractivity contribution in [1.29, 1.82) is 0 Å². The van der Waals surface area contributed by atoms with Crippen LogP contribution in [0.25, 0.3) is 0 Å². The smallest absolute Gasteiger partial charge is 0.257 e. The molecule has 5 heteroatoms. The summed E-state index contributed by atoms with van der Waals surface area (Å²) in [7, 11) is 0. The predicted octanol–water partition coefficient (Wildman–Crippen LogP) is 2.41. The summed E-state index contributed by atoms with van der Waals surface area (Å²) in [6.45, 7) is 5.82. The zero-order valence-electron chi connectivity index (χ0n) is 11.9. The van der Waals surface area contributed by atoms with Crippen LogP contribution in [0.3, 0.4) is 0 Å². The quantitative estimate of drug-likeness (QED) is 0.558. The molecule has 0 atom stereocenters. The van der Waals surface area contributed by atoms with Crippen LogP contribution >= 0.6 is 0 Å². The van der Waals surface area contributed by atoms with Crippen LogP contribution in [-0.2, 0) is 0 Å². The Morgan fingerprint density at radius 3 is 2.47 bits per heavy atom. The number of carbonyl (C=O) groups is 1. The SMILES string of the molecule is CCCCN(CCCC)C(=O)c1cccnc1NN. The minimum atomic E-state index is 0.00273. The van der Waals surface area contributed by atoms with E-state index >= 15 is 0 Å². The summed E-state index contributed by atoms with van der Waals surface area (Å²) in [5.41, 5.74) is 3.02. The monoisotopic (exact) mass is 264 g/mol. The molecule has 1 heterocycles. The van der Waals surface area contributed by atoms with Crippen LogP contribution in [-0.4, -0.2) is 28.9 Å². The van der Waals surface area contributed by atoms with Crippen LogP contribution in [0, 0.1) is 0 Å². The molecule has 5 nitrogen and oxygen atoms in total. The number of amides is 1. The van der Waals surface area contributed by atoms with Gasteiger partial charge in [-0.05, 0) is 25.0 Å². The van der Waals surface area contributed by atoms with Crippen molar-refractivity contribution in [3.8, 4) is 0 Å². The van der Waals surface area contributed by atoms with E-state index in [0.717, 1.165) is 38.8 Å². The molecule has 0 radical (unpaired) electrons. The third-order valence-corrected chi connectivity index (χ3v) is 3.03. The summed E-state index contributed by atoms with van der Waals surface area (Å²) in [6, 6.07) is 3.52. The van der Waals surface area contributed by atoms with E-state index in [1.54, 1.807) is 18.3 Å². The van der Waals surface area contributed by atoms with E-state index in [9.17, 15) is 4.79 Å². The molecule has 0 aliphatic heterocycles. The molecular formula is C14H24N4O. The molecule has 0 aliphatic rings. The molecular weight excluding hydrogens is 240 g/mol. The number of hydrogen-bond acceptors (Lipinski definition) is 4. The van der Waals surface area contributed by atoms with Gasteiger partial charge in [0.1, 0.15) is 0 Å². The van der Waals surface area contributed by atoms with Gasteiger partial charge in [0, 0.05) is 19.3 Å². The van der Waals surface area contributed by atoms with Crippen LogP contribution in [0.4, 0.5) is 5.82 Å². The third-order valence-electron chi connectivity index (χ3n) is 3.03. The molecule has 0 unspecified atom stereocenters. The van der Waals surface area contributed by atoms with E-state index < -0.39 is 0 Å². The van der Waals surface area contributed by atoms with E-state index in [1.807, 2.05) is 4.90 Å². The molecule has 0 aliphatic carbocycles. The van der Waals surface area contributed by atoms with Crippen molar-refractivity contribution in [2.75, 3.05) is 18.5 Å². The molecule has 0 spiro atoms. The van der Waals surface area contributed by atoms with Gasteiger partial charge >= 0.3 is 0 Å². The van der Waals surface area contributed by atoms with Crippen molar-refractivity contribution in [1.82, 2.24) is 9.88 Å². The van der Waals surface area contributed by atoms with Crippen molar-refractivity contribution < 1.29 is 4.79 Å². The zero-order chi connectivity index (χ0) is 14.1. The average Bonchev–Trinajstić information content (AvgIpc) is 2.46. The maximum absolute atomic E-state index is 12.5. The number of carbonyl (C=O) groups excluding carboxylic acids is 1. The van der Waals surface area contributed by atoms with Crippen molar-refractivity contribution >= 4 is 11.7 Å². The van der Waals surface area contributed by atoms with Crippen LogP contribution in [0.2, 0.25) is 0 Å². The number of aromatic nitrogens is 1. The minimum absolute atomic E-state index is 0.00273. The number of hydrogen-bond donors (Lipinski definition) is 2. The Kier molecular flexibility index (Phi) is 6.89. The summed E-state index contributed by atoms with van der Waals surface area (Å²) >= 11 is 0. The van der Waals surface area contributed by atoms with E-state index in [2.05, 4.69) is 24.3 Å². The van der Waals surface area contributed by atoms with Crippen LogP contribution < -0.4 is 11.3 Å². The molecule has 0 saturated carbocycles. The Morgan fingerprint density at radius 2 is 1.95 bits per heavy atom. The van der Waals surface area contributed by atoms with Gasteiger partial charge in [0.25, 0.3) is 5.91 Å². The Balaban J connectivity index is 2.84. The molecule has 1 aromatic rings. The summed E-state index contributed by atoms with van der Waals surface area (Å²) in [6.07, 6.45) is 5.80. The third kappa shape index (κ3) is 4.52. The number of nitrogen functional groups attached to an aromatic ring is 1. The van der Waals surface area contributed by atoms with Gasteiger partial charge in [0.05, 0.1) is 5.56 Å². The van der Waals surface area contributed by atoms with Crippen LogP contribution in [0.1, 0.15) is 49.9 Å². The Bertz CT molecular complexity index is 387. The van der Waals surface area contributed by atoms with Gasteiger partial charge in [0.15, 0.2) is 5.82 Å². The number of rotatable bonds is 8. The maximum atomic E-state index is 12.5. The lowest BCUT2D eigenvalue weighted by molar-refractivity contribution is 0.0751. The van der Waals surface area contributed by atoms with Gasteiger partial charge in [-0.3, -0.25) is 4.79 Å². The van der Waals surface area contributed by atoms with Crippen molar-refractivity contribution in [3.05, 3.63) is 23.9 Å². The summed E-state index contributed by atoms with van der Waals surface area (Å²) in [5, 5.41) is 0. The molecule has 0 fully saturated rings. The van der Waals surface area contributed by atoms with Gasteiger partial charge in [-0.1, -0.05) is 26.7 Å². The molecule has 1 rings (SSSR count). The molecule has 1 amide bonds. The Morgan fingerprint density at radius 1 is 1.32 bits per heavy atom. The molecule has 0 saturated heterocycles. The van der Waals surface area contributed by atoms with Gasteiger partial charge < -0.3 is 10.3 Å². The first-order chi connectivity index (χ1) is 9.24. The lowest BCUT2D eigenvalue weighted by Crippen LogP contribution is -2.33. The standard InChI is InChI=1S/C14H24N4O/c1-3-5-10-18(11-6-4-2)14(19)12-8-7-9-16-13(12)17-15/h7-9H,3-6,10-11,15H2,1-2H3,(H,16,17). The van der Waals surface area contributed by atoms with Gasteiger partial charge in [-0.2, -0.15) is 0 Å². The Hall–Kier alpha value is -1.62. The largest absolute Gasteiger partial charge is 0.339 e. The normalized spacial score (nSPS) is 10.3. The fourth-order valence-electron chi connectivity index (χ4n) is 1.88. The molecule has 106 valence electrons. The highest BCUT2D eigenvalue weighted by atomic mass is 16.2. The second kappa shape index (κ2) is 8.48. The lowest BCUT2D eigenvalue weighted by atomic mass is 10.2. The number of nitrogens with two attached hydrogens (primary N) is 1. The first-order valence-corrected chi connectivity index (χ1v) is 6.95.